The van der Waals surface area contributed by atoms with Gasteiger partial charge in [-0.2, -0.15) is 10.3 Å². The second-order valence-electron chi connectivity index (χ2n) is 15.9. The number of hydrazone groups is 1. The van der Waals surface area contributed by atoms with Crippen molar-refractivity contribution in [2.45, 2.75) is 119 Å². The fourth-order valence-electron chi connectivity index (χ4n) is 12.0. The van der Waals surface area contributed by atoms with E-state index in [1.807, 2.05) is 0 Å². The maximum absolute atomic E-state index is 13.5. The summed E-state index contributed by atoms with van der Waals surface area (Å²) in [4.78, 5) is 26.1. The molecule has 0 aromatic heterocycles. The van der Waals surface area contributed by atoms with Gasteiger partial charge in [0.25, 0.3) is 0 Å². The van der Waals surface area contributed by atoms with Gasteiger partial charge in [0.05, 0.1) is 18.6 Å². The Morgan fingerprint density at radius 1 is 1.10 bits per heavy atom. The van der Waals surface area contributed by atoms with Gasteiger partial charge in [-0.05, 0) is 104 Å². The maximum atomic E-state index is 13.5. The van der Waals surface area contributed by atoms with Crippen LogP contribution in [-0.2, 0) is 19.1 Å². The number of carbonyl (C=O) groups is 2. The van der Waals surface area contributed by atoms with Gasteiger partial charge >= 0.3 is 5.97 Å². The zero-order valence-corrected chi connectivity index (χ0v) is 27.5. The van der Waals surface area contributed by atoms with E-state index in [1.54, 1.807) is 21.0 Å². The van der Waals surface area contributed by atoms with E-state index in [-0.39, 0.29) is 40.0 Å². The third kappa shape index (κ3) is 3.98. The Morgan fingerprint density at radius 3 is 2.38 bits per heavy atom. The highest BCUT2D eigenvalue weighted by molar-refractivity contribution is 5.81. The SMILES string of the molecule is C=C(C)[C@@H]1CCC2(C(=O)OC)CC[C@]3(C)C(CCC4[C@@](C)(CC#N)C(C(C)(C)[C@H]5OC(C)=NN5C(C)=O)CC[C@]43C)C12. The van der Waals surface area contributed by atoms with Gasteiger partial charge in [0, 0.05) is 25.7 Å². The molecule has 5 aliphatic rings. The Labute approximate surface area is 253 Å². The number of allylic oxidation sites excluding steroid dienone is 1. The monoisotopic (exact) mass is 579 g/mol. The number of carbonyl (C=O) groups excluding carboxylic acids is 2. The molecule has 0 bridgehead atoms. The summed E-state index contributed by atoms with van der Waals surface area (Å²) in [6.45, 7) is 21.7. The summed E-state index contributed by atoms with van der Waals surface area (Å²) < 4.78 is 11.7. The van der Waals surface area contributed by atoms with Crippen LogP contribution in [-0.4, -0.2) is 36.1 Å². The highest BCUT2D eigenvalue weighted by Gasteiger charge is 2.72. The van der Waals surface area contributed by atoms with Gasteiger partial charge in [0.2, 0.25) is 18.0 Å². The molecule has 4 saturated carbocycles. The van der Waals surface area contributed by atoms with Crippen molar-refractivity contribution in [1.82, 2.24) is 5.01 Å². The van der Waals surface area contributed by atoms with Crippen LogP contribution in [0, 0.1) is 68.0 Å². The predicted molar refractivity (Wildman–Crippen MR) is 162 cm³/mol. The van der Waals surface area contributed by atoms with Gasteiger partial charge in [-0.25, -0.2) is 0 Å². The summed E-state index contributed by atoms with van der Waals surface area (Å²) in [6, 6.07) is 2.61. The van der Waals surface area contributed by atoms with Crippen molar-refractivity contribution in [2.75, 3.05) is 7.11 Å². The van der Waals surface area contributed by atoms with Crippen LogP contribution in [0.3, 0.4) is 0 Å². The van der Waals surface area contributed by atoms with Crippen LogP contribution in [0.15, 0.2) is 17.3 Å². The van der Waals surface area contributed by atoms with Crippen LogP contribution in [0.25, 0.3) is 0 Å². The van der Waals surface area contributed by atoms with Crippen LogP contribution >= 0.6 is 0 Å². The van der Waals surface area contributed by atoms with Crippen molar-refractivity contribution >= 4 is 17.8 Å². The molecular formula is C35H53N3O4. The predicted octanol–water partition coefficient (Wildman–Crippen LogP) is 7.48. The Hall–Kier alpha value is -2.36. The molecule has 1 heterocycles. The van der Waals surface area contributed by atoms with Crippen molar-refractivity contribution < 1.29 is 19.1 Å². The van der Waals surface area contributed by atoms with E-state index < -0.39 is 17.1 Å². The first-order valence-electron chi connectivity index (χ1n) is 16.2. The maximum Gasteiger partial charge on any atom is 0.312 e. The second kappa shape index (κ2) is 10.1. The molecule has 0 radical (unpaired) electrons. The van der Waals surface area contributed by atoms with E-state index in [1.165, 1.54) is 10.6 Å². The normalized spacial score (nSPS) is 44.6. The van der Waals surface area contributed by atoms with Crippen LogP contribution in [0.2, 0.25) is 0 Å². The van der Waals surface area contributed by atoms with E-state index in [4.69, 9.17) is 9.47 Å². The van der Waals surface area contributed by atoms with E-state index in [2.05, 4.69) is 59.3 Å². The van der Waals surface area contributed by atoms with Crippen molar-refractivity contribution in [3.63, 3.8) is 0 Å². The van der Waals surface area contributed by atoms with Gasteiger partial charge in [0.1, 0.15) is 0 Å². The van der Waals surface area contributed by atoms with E-state index in [0.29, 0.717) is 30.1 Å². The summed E-state index contributed by atoms with van der Waals surface area (Å²) in [5, 5.41) is 16.2. The molecule has 1 amide bonds. The first-order valence-corrected chi connectivity index (χ1v) is 16.2. The molecule has 0 N–H and O–H groups in total. The molecule has 7 nitrogen and oxygen atoms in total. The topological polar surface area (TPSA) is 92.0 Å². The molecule has 232 valence electrons. The minimum absolute atomic E-state index is 0.0157. The molecule has 4 fully saturated rings. The highest BCUT2D eigenvalue weighted by Crippen LogP contribution is 2.77. The number of amides is 1. The summed E-state index contributed by atoms with van der Waals surface area (Å²) in [6.07, 6.45) is 7.88. The minimum atomic E-state index is -0.487. The quantitative estimate of drug-likeness (QED) is 0.249. The summed E-state index contributed by atoms with van der Waals surface area (Å²) in [5.41, 5.74) is 0.168. The molecule has 1 aliphatic heterocycles. The van der Waals surface area contributed by atoms with Crippen molar-refractivity contribution in [3.8, 4) is 6.07 Å². The molecule has 0 aromatic rings. The number of rotatable bonds is 5. The van der Waals surface area contributed by atoms with Crippen LogP contribution in [0.5, 0.6) is 0 Å². The Bertz CT molecular complexity index is 1230. The van der Waals surface area contributed by atoms with Crippen molar-refractivity contribution in [3.05, 3.63) is 12.2 Å². The number of esters is 1. The minimum Gasteiger partial charge on any atom is -0.469 e. The molecule has 42 heavy (non-hydrogen) atoms. The Morgan fingerprint density at radius 2 is 1.79 bits per heavy atom. The summed E-state index contributed by atoms with van der Waals surface area (Å²) in [7, 11) is 1.55. The third-order valence-electron chi connectivity index (χ3n) is 14.0. The zero-order valence-electron chi connectivity index (χ0n) is 27.5. The first-order chi connectivity index (χ1) is 19.5. The number of methoxy groups -OCH3 is 1. The number of hydrogen-bond donors (Lipinski definition) is 0. The lowest BCUT2D eigenvalue weighted by Crippen LogP contribution is -2.66. The van der Waals surface area contributed by atoms with Gasteiger partial charge in [0.15, 0.2) is 0 Å². The molecule has 7 heteroatoms. The molecule has 4 aliphatic carbocycles. The van der Waals surface area contributed by atoms with Gasteiger partial charge in [-0.15, -0.1) is 5.10 Å². The number of nitrogens with zero attached hydrogens (tertiary/aromatic N) is 3. The lowest BCUT2D eigenvalue weighted by molar-refractivity contribution is -0.238. The van der Waals surface area contributed by atoms with E-state index in [9.17, 15) is 14.9 Å². The second-order valence-corrected chi connectivity index (χ2v) is 15.9. The molecule has 0 spiro atoms. The largest absolute Gasteiger partial charge is 0.469 e. The van der Waals surface area contributed by atoms with Gasteiger partial charge in [-0.3, -0.25) is 9.59 Å². The standard InChI is InChI=1S/C35H53N3O4/c1-21(2)24-13-16-35(30(40)41-10)18-17-33(8)25(28(24)35)11-12-27-32(7,19-20-36)26(14-15-34(27,33)9)31(5,6)29-38(23(4)39)37-22(3)42-29/h24-29H,1,11-19H2,2-10H3/t24-,25?,26?,27?,28?,29+,32-,33+,34+,35?/m0/s1. The van der Waals surface area contributed by atoms with E-state index in [0.717, 1.165) is 51.4 Å². The zero-order chi connectivity index (χ0) is 31.0. The fraction of sp³-hybridized carbons (Fsp3) is 0.829. The van der Waals surface area contributed by atoms with E-state index >= 15 is 0 Å². The molecule has 10 atom stereocenters. The number of hydrogen-bond acceptors (Lipinski definition) is 6. The lowest BCUT2D eigenvalue weighted by Gasteiger charge is -2.71. The number of fused-ring (bicyclic) bond motifs is 5. The van der Waals surface area contributed by atoms with Crippen molar-refractivity contribution in [1.29, 1.82) is 5.26 Å². The Balaban J connectivity index is 1.55. The number of nitriles is 1. The lowest BCUT2D eigenvalue weighted by atomic mass is 9.33. The van der Waals surface area contributed by atoms with Crippen LogP contribution < -0.4 is 0 Å². The van der Waals surface area contributed by atoms with Crippen LogP contribution in [0.4, 0.5) is 0 Å². The average Bonchev–Trinajstić information content (AvgIpc) is 3.51. The van der Waals surface area contributed by atoms with Gasteiger partial charge < -0.3 is 9.47 Å². The van der Waals surface area contributed by atoms with Crippen LogP contribution in [0.1, 0.15) is 113 Å². The fourth-order valence-corrected chi connectivity index (χ4v) is 12.0. The molecule has 5 rings (SSSR count). The molecule has 0 aromatic carbocycles. The van der Waals surface area contributed by atoms with Crippen molar-refractivity contribution in [2.24, 2.45) is 61.8 Å². The smallest absolute Gasteiger partial charge is 0.312 e. The molecular weight excluding hydrogens is 526 g/mol. The average molecular weight is 580 g/mol. The number of ether oxygens (including phenoxy) is 2. The summed E-state index contributed by atoms with van der Waals surface area (Å²) in [5.74, 6) is 1.89. The molecule has 5 unspecified atom stereocenters. The summed E-state index contributed by atoms with van der Waals surface area (Å²) >= 11 is 0. The molecule has 0 saturated heterocycles. The Kier molecular flexibility index (Phi) is 7.47. The third-order valence-corrected chi connectivity index (χ3v) is 14.0. The first kappa shape index (κ1) is 31.1. The van der Waals surface area contributed by atoms with Gasteiger partial charge in [-0.1, -0.05) is 46.8 Å². The highest BCUT2D eigenvalue weighted by atomic mass is 16.5.